The van der Waals surface area contributed by atoms with Gasteiger partial charge in [0, 0.05) is 16.8 Å². The van der Waals surface area contributed by atoms with E-state index in [1.165, 1.54) is 11.3 Å². The van der Waals surface area contributed by atoms with Crippen molar-refractivity contribution in [3.05, 3.63) is 34.5 Å². The van der Waals surface area contributed by atoms with Crippen molar-refractivity contribution in [1.82, 2.24) is 0 Å². The second-order valence-corrected chi connectivity index (χ2v) is 4.43. The number of benzene rings is 1. The number of amides is 1. The minimum absolute atomic E-state index is 0.0855. The number of carbonyl (C=O) groups is 1. The van der Waals surface area contributed by atoms with Gasteiger partial charge in [-0.05, 0) is 12.1 Å². The molecule has 0 saturated heterocycles. The first kappa shape index (κ1) is 10.2. The number of nitrogens with one attached hydrogen (secondary N) is 2. The molecule has 0 radical (unpaired) electrons. The van der Waals surface area contributed by atoms with Crippen LogP contribution in [0.25, 0.3) is 0 Å². The quantitative estimate of drug-likeness (QED) is 0.813. The number of fused-ring (bicyclic) bond motifs is 2. The third-order valence-electron chi connectivity index (χ3n) is 2.65. The number of anilines is 3. The van der Waals surface area contributed by atoms with E-state index in [0.29, 0.717) is 5.56 Å². The van der Waals surface area contributed by atoms with Gasteiger partial charge >= 0.3 is 0 Å². The van der Waals surface area contributed by atoms with Crippen molar-refractivity contribution in [3.63, 3.8) is 0 Å². The maximum Gasteiger partial charge on any atom is 0.258 e. The smallest absolute Gasteiger partial charge is 0.258 e. The Morgan fingerprint density at radius 2 is 2.00 bits per heavy atom. The number of rotatable bonds is 1. The second kappa shape index (κ2) is 3.78. The number of hydrogen-bond acceptors (Lipinski definition) is 4. The molecule has 0 unspecified atom stereocenters. The van der Waals surface area contributed by atoms with Crippen LogP contribution in [0.15, 0.2) is 29.0 Å². The first-order valence-electron chi connectivity index (χ1n) is 5.10. The summed E-state index contributed by atoms with van der Waals surface area (Å²) in [7, 11) is 1.62. The summed E-state index contributed by atoms with van der Waals surface area (Å²) < 4.78 is 5.17. The summed E-state index contributed by atoms with van der Waals surface area (Å²) in [4.78, 5) is 11.9. The summed E-state index contributed by atoms with van der Waals surface area (Å²) in [6, 6.07) is 5.51. The molecule has 2 aromatic rings. The number of carbonyl (C=O) groups excluding carboxylic acids is 1. The van der Waals surface area contributed by atoms with Crippen molar-refractivity contribution in [2.45, 2.75) is 0 Å². The van der Waals surface area contributed by atoms with Crippen LogP contribution in [0, 0.1) is 0 Å². The van der Waals surface area contributed by atoms with Gasteiger partial charge in [0.1, 0.15) is 5.75 Å². The lowest BCUT2D eigenvalue weighted by Gasteiger charge is -2.09. The van der Waals surface area contributed by atoms with Gasteiger partial charge in [0.15, 0.2) is 0 Å². The van der Waals surface area contributed by atoms with E-state index in [1.807, 2.05) is 29.0 Å². The van der Waals surface area contributed by atoms with E-state index >= 15 is 0 Å². The average molecular weight is 246 g/mol. The maximum atomic E-state index is 11.9. The Morgan fingerprint density at radius 1 is 1.12 bits per heavy atom. The predicted molar refractivity (Wildman–Crippen MR) is 68.5 cm³/mol. The van der Waals surface area contributed by atoms with E-state index in [2.05, 4.69) is 10.6 Å². The van der Waals surface area contributed by atoms with Crippen molar-refractivity contribution in [1.29, 1.82) is 0 Å². The third kappa shape index (κ3) is 1.64. The summed E-state index contributed by atoms with van der Waals surface area (Å²) >= 11 is 1.50. The lowest BCUT2D eigenvalue weighted by atomic mass is 10.2. The molecule has 2 N–H and O–H groups in total. The first-order valence-corrected chi connectivity index (χ1v) is 6.05. The fraction of sp³-hybridized carbons (Fsp3) is 0.0833. The highest BCUT2D eigenvalue weighted by Gasteiger charge is 2.19. The van der Waals surface area contributed by atoms with E-state index in [1.54, 1.807) is 7.11 Å². The zero-order valence-corrected chi connectivity index (χ0v) is 9.93. The fourth-order valence-corrected chi connectivity index (χ4v) is 2.53. The molecule has 0 aliphatic carbocycles. The molecule has 5 heteroatoms. The van der Waals surface area contributed by atoms with E-state index in [4.69, 9.17) is 4.74 Å². The van der Waals surface area contributed by atoms with Crippen LogP contribution in [0.3, 0.4) is 0 Å². The summed E-state index contributed by atoms with van der Waals surface area (Å²) in [5.74, 6) is 0.668. The predicted octanol–water partition coefficient (Wildman–Crippen LogP) is 3.07. The molecule has 0 saturated carbocycles. The maximum absolute atomic E-state index is 11.9. The summed E-state index contributed by atoms with van der Waals surface area (Å²) in [6.45, 7) is 0. The Hall–Kier alpha value is -2.01. The minimum Gasteiger partial charge on any atom is -0.497 e. The monoisotopic (exact) mass is 246 g/mol. The Balaban J connectivity index is 2.12. The lowest BCUT2D eigenvalue weighted by Crippen LogP contribution is -2.09. The molecule has 1 amide bonds. The van der Waals surface area contributed by atoms with Crippen molar-refractivity contribution in [2.75, 3.05) is 17.7 Å². The Morgan fingerprint density at radius 3 is 2.82 bits per heavy atom. The van der Waals surface area contributed by atoms with Crippen LogP contribution in [-0.4, -0.2) is 13.0 Å². The van der Waals surface area contributed by atoms with Crippen molar-refractivity contribution in [2.24, 2.45) is 0 Å². The van der Waals surface area contributed by atoms with Crippen LogP contribution >= 0.6 is 11.3 Å². The largest absolute Gasteiger partial charge is 0.497 e. The van der Waals surface area contributed by atoms with Gasteiger partial charge < -0.3 is 15.4 Å². The van der Waals surface area contributed by atoms with Gasteiger partial charge in [-0.3, -0.25) is 4.79 Å². The molecule has 17 heavy (non-hydrogen) atoms. The SMILES string of the molecule is COc1ccc2c(c1)Nc1cscc1C(=O)N2. The standard InChI is InChI=1S/C12H10N2O2S/c1-16-7-2-3-9-10(4-7)13-11-6-17-5-8(11)12(15)14-9/h2-6,13H,1H3,(H,14,15). The molecule has 1 aliphatic rings. The molecule has 1 aliphatic heterocycles. The minimum atomic E-state index is -0.0855. The molecule has 1 aromatic carbocycles. The van der Waals surface area contributed by atoms with Crippen LogP contribution in [0.2, 0.25) is 0 Å². The normalized spacial score (nSPS) is 12.9. The number of thiophene rings is 1. The molecule has 0 bridgehead atoms. The molecule has 2 heterocycles. The molecular formula is C12H10N2O2S. The summed E-state index contributed by atoms with van der Waals surface area (Å²) in [5, 5.41) is 9.86. The van der Waals surface area contributed by atoms with Gasteiger partial charge in [0.25, 0.3) is 5.91 Å². The highest BCUT2D eigenvalue weighted by atomic mass is 32.1. The van der Waals surface area contributed by atoms with Crippen LogP contribution in [0.5, 0.6) is 5.75 Å². The average Bonchev–Trinajstić information content (AvgIpc) is 2.75. The zero-order valence-electron chi connectivity index (χ0n) is 9.11. The molecule has 86 valence electrons. The highest BCUT2D eigenvalue weighted by Crippen LogP contribution is 2.35. The van der Waals surface area contributed by atoms with Gasteiger partial charge in [-0.25, -0.2) is 0 Å². The molecular weight excluding hydrogens is 236 g/mol. The first-order chi connectivity index (χ1) is 8.28. The fourth-order valence-electron chi connectivity index (χ4n) is 1.77. The Labute approximate surface area is 102 Å². The Kier molecular flexibility index (Phi) is 2.26. The Bertz CT molecular complexity index is 592. The van der Waals surface area contributed by atoms with Crippen molar-refractivity contribution in [3.8, 4) is 5.75 Å². The number of methoxy groups -OCH3 is 1. The van der Waals surface area contributed by atoms with E-state index in [-0.39, 0.29) is 5.91 Å². The van der Waals surface area contributed by atoms with E-state index in [0.717, 1.165) is 22.8 Å². The van der Waals surface area contributed by atoms with Crippen LogP contribution in [0.1, 0.15) is 10.4 Å². The van der Waals surface area contributed by atoms with E-state index < -0.39 is 0 Å². The second-order valence-electron chi connectivity index (χ2n) is 3.69. The zero-order chi connectivity index (χ0) is 11.8. The van der Waals surface area contributed by atoms with E-state index in [9.17, 15) is 4.79 Å². The van der Waals surface area contributed by atoms with Crippen LogP contribution < -0.4 is 15.4 Å². The molecule has 0 spiro atoms. The van der Waals surface area contributed by atoms with Crippen molar-refractivity contribution >= 4 is 34.3 Å². The topological polar surface area (TPSA) is 50.4 Å². The molecule has 1 aromatic heterocycles. The van der Waals surface area contributed by atoms with Gasteiger partial charge in [-0.2, -0.15) is 0 Å². The van der Waals surface area contributed by atoms with Gasteiger partial charge in [0.2, 0.25) is 0 Å². The van der Waals surface area contributed by atoms with Gasteiger partial charge in [0.05, 0.1) is 29.7 Å². The summed E-state index contributed by atoms with van der Waals surface area (Å²) in [5.41, 5.74) is 3.11. The van der Waals surface area contributed by atoms with Crippen LogP contribution in [0.4, 0.5) is 17.1 Å². The van der Waals surface area contributed by atoms with Gasteiger partial charge in [-0.15, -0.1) is 11.3 Å². The van der Waals surface area contributed by atoms with Crippen LogP contribution in [-0.2, 0) is 0 Å². The summed E-state index contributed by atoms with van der Waals surface area (Å²) in [6.07, 6.45) is 0. The lowest BCUT2D eigenvalue weighted by molar-refractivity contribution is 0.102. The highest BCUT2D eigenvalue weighted by molar-refractivity contribution is 7.08. The number of ether oxygens (including phenoxy) is 1. The molecule has 3 rings (SSSR count). The number of hydrogen-bond donors (Lipinski definition) is 2. The van der Waals surface area contributed by atoms with Gasteiger partial charge in [-0.1, -0.05) is 0 Å². The molecule has 0 atom stereocenters. The molecule has 4 nitrogen and oxygen atoms in total. The van der Waals surface area contributed by atoms with Crippen molar-refractivity contribution < 1.29 is 9.53 Å². The third-order valence-corrected chi connectivity index (χ3v) is 3.39. The molecule has 0 fully saturated rings.